The van der Waals surface area contributed by atoms with Gasteiger partial charge in [0.2, 0.25) is 5.91 Å². The Kier molecular flexibility index (Phi) is 9.37. The summed E-state index contributed by atoms with van der Waals surface area (Å²) >= 11 is 0. The highest BCUT2D eigenvalue weighted by atomic mass is 35.5. The summed E-state index contributed by atoms with van der Waals surface area (Å²) in [5.74, 6) is 0.657. The first-order valence-corrected chi connectivity index (χ1v) is 8.00. The molecule has 142 valence electrons. The zero-order valence-corrected chi connectivity index (χ0v) is 16.0. The van der Waals surface area contributed by atoms with Gasteiger partial charge in [0.15, 0.2) is 0 Å². The number of anilines is 1. The molecule has 1 amide bonds. The molecule has 2 aromatic rings. The molecule has 1 fully saturated rings. The summed E-state index contributed by atoms with van der Waals surface area (Å²) in [5.41, 5.74) is 1.79. The lowest BCUT2D eigenvalue weighted by Crippen LogP contribution is -2.53. The Morgan fingerprint density at radius 1 is 1.23 bits per heavy atom. The van der Waals surface area contributed by atoms with Gasteiger partial charge in [0.25, 0.3) is 0 Å². The number of nitrogens with one attached hydrogen (secondary N) is 2. The summed E-state index contributed by atoms with van der Waals surface area (Å²) in [4.78, 5) is 16.3. The fourth-order valence-corrected chi connectivity index (χ4v) is 2.53. The number of benzene rings is 1. The van der Waals surface area contributed by atoms with Crippen molar-refractivity contribution < 1.29 is 14.3 Å². The highest BCUT2D eigenvalue weighted by Crippen LogP contribution is 2.18. The normalized spacial score (nSPS) is 18.8. The maximum atomic E-state index is 12.3. The Hall–Kier alpha value is -1.86. The molecule has 1 aromatic heterocycles. The molecular weight excluding hydrogens is 377 g/mol. The molecule has 8 heteroatoms. The third-order valence-electron chi connectivity index (χ3n) is 3.88. The molecule has 0 aliphatic carbocycles. The van der Waals surface area contributed by atoms with E-state index in [0.717, 1.165) is 17.0 Å². The van der Waals surface area contributed by atoms with Crippen molar-refractivity contribution in [1.82, 2.24) is 10.3 Å². The highest BCUT2D eigenvalue weighted by molar-refractivity contribution is 5.95. The summed E-state index contributed by atoms with van der Waals surface area (Å²) in [7, 11) is 0. The van der Waals surface area contributed by atoms with Crippen LogP contribution in [0.5, 0.6) is 5.75 Å². The van der Waals surface area contributed by atoms with E-state index in [-0.39, 0.29) is 42.9 Å². The van der Waals surface area contributed by atoms with E-state index in [2.05, 4.69) is 15.6 Å². The lowest BCUT2D eigenvalue weighted by molar-refractivity contribution is -0.123. The van der Waals surface area contributed by atoms with Crippen molar-refractivity contribution in [2.45, 2.75) is 25.7 Å². The molecular formula is C18H23Cl2N3O3. The molecule has 2 N–H and O–H groups in total. The minimum atomic E-state index is -0.332. The largest absolute Gasteiger partial charge is 0.489 e. The van der Waals surface area contributed by atoms with E-state index < -0.39 is 0 Å². The number of hydrogen-bond donors (Lipinski definition) is 2. The maximum Gasteiger partial charge on any atom is 0.244 e. The second-order valence-electron chi connectivity index (χ2n) is 5.67. The van der Waals surface area contributed by atoms with Crippen molar-refractivity contribution in [3.8, 4) is 5.75 Å². The molecule has 0 bridgehead atoms. The number of pyridine rings is 1. The van der Waals surface area contributed by atoms with Crippen LogP contribution in [0.25, 0.3) is 0 Å². The number of nitrogens with zero attached hydrogens (tertiary/aromatic N) is 1. The predicted octanol–water partition coefficient (Wildman–Crippen LogP) is 2.82. The van der Waals surface area contributed by atoms with Crippen LogP contribution in [-0.2, 0) is 16.1 Å². The Bertz CT molecular complexity index is 671. The Morgan fingerprint density at radius 3 is 2.58 bits per heavy atom. The summed E-state index contributed by atoms with van der Waals surface area (Å²) in [6.45, 7) is 3.69. The average Bonchev–Trinajstić information content (AvgIpc) is 2.62. The van der Waals surface area contributed by atoms with Crippen molar-refractivity contribution >= 4 is 36.4 Å². The van der Waals surface area contributed by atoms with E-state index >= 15 is 0 Å². The molecule has 1 aromatic carbocycles. The van der Waals surface area contributed by atoms with Gasteiger partial charge in [-0.2, -0.15) is 0 Å². The molecule has 3 rings (SSSR count). The van der Waals surface area contributed by atoms with Crippen LogP contribution in [0.2, 0.25) is 0 Å². The van der Waals surface area contributed by atoms with Gasteiger partial charge >= 0.3 is 0 Å². The third-order valence-corrected chi connectivity index (χ3v) is 3.88. The Balaban J connectivity index is 0.00000169. The Morgan fingerprint density at radius 2 is 1.92 bits per heavy atom. The molecule has 0 spiro atoms. The molecule has 6 nitrogen and oxygen atoms in total. The van der Waals surface area contributed by atoms with Gasteiger partial charge in [-0.25, -0.2) is 0 Å². The number of morpholine rings is 1. The molecule has 2 heterocycles. The highest BCUT2D eigenvalue weighted by Gasteiger charge is 2.28. The number of carbonyl (C=O) groups is 1. The first-order chi connectivity index (χ1) is 11.7. The van der Waals surface area contributed by atoms with Crippen LogP contribution in [0.3, 0.4) is 0 Å². The van der Waals surface area contributed by atoms with Gasteiger partial charge in [0, 0.05) is 24.6 Å². The summed E-state index contributed by atoms with van der Waals surface area (Å²) < 4.78 is 11.2. The number of halogens is 2. The number of ether oxygens (including phenoxy) is 2. The Labute approximate surface area is 165 Å². The van der Waals surface area contributed by atoms with Gasteiger partial charge in [0.1, 0.15) is 18.4 Å². The molecule has 0 unspecified atom stereocenters. The maximum absolute atomic E-state index is 12.3. The van der Waals surface area contributed by atoms with E-state index in [9.17, 15) is 4.79 Å². The first kappa shape index (κ1) is 22.2. The van der Waals surface area contributed by atoms with E-state index in [1.807, 2.05) is 43.3 Å². The van der Waals surface area contributed by atoms with Gasteiger partial charge < -0.3 is 20.1 Å². The van der Waals surface area contributed by atoms with Crippen LogP contribution < -0.4 is 15.4 Å². The molecule has 0 saturated carbocycles. The number of rotatable bonds is 5. The van der Waals surface area contributed by atoms with Crippen LogP contribution in [0, 0.1) is 0 Å². The third kappa shape index (κ3) is 6.14. The second-order valence-corrected chi connectivity index (χ2v) is 5.67. The standard InChI is InChI=1S/C18H21N3O3.2ClH/c1-13-17(20-10-11-23-13)18(22)21-15-2-4-16(5-3-15)24-12-14-6-8-19-9-7-14;;/h2-9,13,17,20H,10-12H2,1H3,(H,21,22);2*1H/t13-,17+;;/m1../s1. The van der Waals surface area contributed by atoms with Crippen LogP contribution in [0.4, 0.5) is 5.69 Å². The fraction of sp³-hybridized carbons (Fsp3) is 0.333. The monoisotopic (exact) mass is 399 g/mol. The number of aromatic nitrogens is 1. The molecule has 1 aliphatic heterocycles. The van der Waals surface area contributed by atoms with Crippen molar-refractivity contribution in [3.05, 3.63) is 54.4 Å². The molecule has 2 atom stereocenters. The van der Waals surface area contributed by atoms with Crippen LogP contribution >= 0.6 is 24.8 Å². The van der Waals surface area contributed by atoms with Crippen molar-refractivity contribution in [2.75, 3.05) is 18.5 Å². The summed E-state index contributed by atoms with van der Waals surface area (Å²) in [6, 6.07) is 10.8. The minimum Gasteiger partial charge on any atom is -0.489 e. The van der Waals surface area contributed by atoms with E-state index in [1.165, 1.54) is 0 Å². The van der Waals surface area contributed by atoms with Crippen molar-refractivity contribution in [3.63, 3.8) is 0 Å². The first-order valence-electron chi connectivity index (χ1n) is 8.00. The fourth-order valence-electron chi connectivity index (χ4n) is 2.53. The molecule has 1 saturated heterocycles. The lowest BCUT2D eigenvalue weighted by Gasteiger charge is -2.29. The minimum absolute atomic E-state index is 0. The molecule has 26 heavy (non-hydrogen) atoms. The zero-order valence-electron chi connectivity index (χ0n) is 14.4. The van der Waals surface area contributed by atoms with Gasteiger partial charge in [-0.3, -0.25) is 9.78 Å². The van der Waals surface area contributed by atoms with E-state index in [4.69, 9.17) is 9.47 Å². The smallest absolute Gasteiger partial charge is 0.244 e. The lowest BCUT2D eigenvalue weighted by atomic mass is 10.1. The quantitative estimate of drug-likeness (QED) is 0.808. The van der Waals surface area contributed by atoms with E-state index in [1.54, 1.807) is 12.4 Å². The SMILES string of the molecule is C[C@H]1OCCN[C@@H]1C(=O)Nc1ccc(OCc2ccncc2)cc1.Cl.Cl. The van der Waals surface area contributed by atoms with Crippen LogP contribution in [0.1, 0.15) is 12.5 Å². The number of carbonyl (C=O) groups excluding carboxylic acids is 1. The van der Waals surface area contributed by atoms with Crippen LogP contribution in [0.15, 0.2) is 48.8 Å². The van der Waals surface area contributed by atoms with Gasteiger partial charge in [-0.05, 0) is 48.9 Å². The van der Waals surface area contributed by atoms with Crippen molar-refractivity contribution in [1.29, 1.82) is 0 Å². The van der Waals surface area contributed by atoms with E-state index in [0.29, 0.717) is 19.8 Å². The van der Waals surface area contributed by atoms with Gasteiger partial charge in [-0.1, -0.05) is 0 Å². The summed E-state index contributed by atoms with van der Waals surface area (Å²) in [6.07, 6.45) is 3.34. The zero-order chi connectivity index (χ0) is 16.8. The molecule has 0 radical (unpaired) electrons. The predicted molar refractivity (Wildman–Crippen MR) is 105 cm³/mol. The molecule has 1 aliphatic rings. The van der Waals surface area contributed by atoms with Gasteiger partial charge in [0.05, 0.1) is 12.7 Å². The summed E-state index contributed by atoms with van der Waals surface area (Å²) in [5, 5.41) is 6.07. The van der Waals surface area contributed by atoms with Gasteiger partial charge in [-0.15, -0.1) is 24.8 Å². The topological polar surface area (TPSA) is 72.5 Å². The number of hydrogen-bond acceptors (Lipinski definition) is 5. The average molecular weight is 400 g/mol. The second kappa shape index (κ2) is 11.0. The van der Waals surface area contributed by atoms with Crippen molar-refractivity contribution in [2.24, 2.45) is 0 Å². The van der Waals surface area contributed by atoms with Crippen LogP contribution in [-0.4, -0.2) is 36.2 Å². The number of amides is 1.